The molecule has 0 saturated heterocycles. The van der Waals surface area contributed by atoms with Crippen LogP contribution in [-0.2, 0) is 10.1 Å². The van der Waals surface area contributed by atoms with Crippen molar-refractivity contribution < 1.29 is 18.1 Å². The fourth-order valence-corrected chi connectivity index (χ4v) is 0.283. The number of hydrogen-bond donors (Lipinski definition) is 2. The molecular formula is C3H8BaO4S+2. The Hall–Kier alpha value is 1.44. The molecule has 0 heterocycles. The van der Waals surface area contributed by atoms with Crippen molar-refractivity contribution in [3.05, 3.63) is 0 Å². The van der Waals surface area contributed by atoms with Crippen molar-refractivity contribution in [2.24, 2.45) is 0 Å². The molecule has 0 aromatic carbocycles. The molecule has 1 unspecified atom stereocenters. The summed E-state index contributed by atoms with van der Waals surface area (Å²) in [5.74, 6) is 0. The molecule has 0 aromatic heterocycles. The molecule has 2 N–H and O–H groups in total. The van der Waals surface area contributed by atoms with Gasteiger partial charge >= 0.3 is 48.9 Å². The molecule has 0 aliphatic heterocycles. The fraction of sp³-hybridized carbons (Fsp3) is 1.00. The minimum atomic E-state index is -4.00. The standard InChI is InChI=1S/C3H8O4S.Ba/c1-3(2-4)8(5,6)7;/h3-4H,2H2,1H3,(H,5,6,7);/q;+2. The van der Waals surface area contributed by atoms with E-state index in [0.717, 1.165) is 0 Å². The van der Waals surface area contributed by atoms with Crippen molar-refractivity contribution in [3.8, 4) is 0 Å². The van der Waals surface area contributed by atoms with Crippen molar-refractivity contribution in [3.63, 3.8) is 0 Å². The van der Waals surface area contributed by atoms with E-state index in [-0.39, 0.29) is 48.9 Å². The van der Waals surface area contributed by atoms with E-state index in [9.17, 15) is 8.42 Å². The fourth-order valence-electron chi connectivity index (χ4n) is 0.0942. The van der Waals surface area contributed by atoms with Crippen LogP contribution in [0.4, 0.5) is 0 Å². The second-order valence-corrected chi connectivity index (χ2v) is 3.34. The first-order chi connectivity index (χ1) is 3.48. The van der Waals surface area contributed by atoms with E-state index >= 15 is 0 Å². The Labute approximate surface area is 94.5 Å². The third kappa shape index (κ3) is 5.87. The van der Waals surface area contributed by atoms with E-state index in [2.05, 4.69) is 0 Å². The maximum Gasteiger partial charge on any atom is 2.00 e. The first-order valence-electron chi connectivity index (χ1n) is 2.05. The van der Waals surface area contributed by atoms with Gasteiger partial charge in [0, 0.05) is 0 Å². The Morgan fingerprint density at radius 1 is 1.56 bits per heavy atom. The third-order valence-electron chi connectivity index (χ3n) is 0.766. The summed E-state index contributed by atoms with van der Waals surface area (Å²) in [6.07, 6.45) is 0. The van der Waals surface area contributed by atoms with E-state index < -0.39 is 22.0 Å². The molecule has 4 nitrogen and oxygen atoms in total. The van der Waals surface area contributed by atoms with Crippen molar-refractivity contribution in [2.75, 3.05) is 6.61 Å². The molecule has 0 radical (unpaired) electrons. The second kappa shape index (κ2) is 5.14. The quantitative estimate of drug-likeness (QED) is 0.495. The number of rotatable bonds is 2. The minimum Gasteiger partial charge on any atom is -0.395 e. The summed E-state index contributed by atoms with van der Waals surface area (Å²) in [7, 11) is -4.00. The summed E-state index contributed by atoms with van der Waals surface area (Å²) in [5.41, 5.74) is 0. The van der Waals surface area contributed by atoms with Crippen LogP contribution in [-0.4, -0.2) is 78.8 Å². The molecule has 6 heteroatoms. The van der Waals surface area contributed by atoms with Gasteiger partial charge in [0.05, 0.1) is 6.61 Å². The van der Waals surface area contributed by atoms with Gasteiger partial charge < -0.3 is 5.11 Å². The Morgan fingerprint density at radius 2 is 1.89 bits per heavy atom. The van der Waals surface area contributed by atoms with Crippen molar-refractivity contribution in [1.29, 1.82) is 0 Å². The molecule has 0 spiro atoms. The van der Waals surface area contributed by atoms with Gasteiger partial charge in [0.2, 0.25) is 0 Å². The molecule has 9 heavy (non-hydrogen) atoms. The van der Waals surface area contributed by atoms with Gasteiger partial charge in [0.1, 0.15) is 5.25 Å². The first-order valence-corrected chi connectivity index (χ1v) is 3.56. The van der Waals surface area contributed by atoms with Gasteiger partial charge in [-0.05, 0) is 6.92 Å². The van der Waals surface area contributed by atoms with E-state index in [0.29, 0.717) is 0 Å². The predicted octanol–water partition coefficient (Wildman–Crippen LogP) is -1.13. The van der Waals surface area contributed by atoms with Crippen LogP contribution in [0.1, 0.15) is 6.92 Å². The molecule has 0 aromatic rings. The second-order valence-electron chi connectivity index (χ2n) is 1.51. The van der Waals surface area contributed by atoms with Crippen molar-refractivity contribution >= 4 is 59.0 Å². The van der Waals surface area contributed by atoms with Gasteiger partial charge in [-0.25, -0.2) is 0 Å². The molecular weight excluding hydrogens is 269 g/mol. The zero-order valence-corrected chi connectivity index (χ0v) is 10.4. The Bertz CT molecular complexity index is 151. The first kappa shape index (κ1) is 13.1. The molecule has 50 valence electrons. The number of hydrogen-bond acceptors (Lipinski definition) is 3. The van der Waals surface area contributed by atoms with Gasteiger partial charge in [0.15, 0.2) is 0 Å². The summed E-state index contributed by atoms with van der Waals surface area (Å²) < 4.78 is 28.0. The molecule has 0 bridgehead atoms. The molecule has 0 saturated carbocycles. The van der Waals surface area contributed by atoms with Crippen LogP contribution in [0.25, 0.3) is 0 Å². The maximum absolute atomic E-state index is 9.96. The summed E-state index contributed by atoms with van der Waals surface area (Å²) in [6, 6.07) is 0. The molecule has 1 atom stereocenters. The van der Waals surface area contributed by atoms with E-state index in [1.807, 2.05) is 0 Å². The monoisotopic (exact) mass is 278 g/mol. The van der Waals surface area contributed by atoms with Crippen molar-refractivity contribution in [2.45, 2.75) is 12.2 Å². The van der Waals surface area contributed by atoms with Crippen LogP contribution in [0.15, 0.2) is 0 Å². The zero-order chi connectivity index (χ0) is 6.78. The van der Waals surface area contributed by atoms with Gasteiger partial charge in [0.25, 0.3) is 10.1 Å². The summed E-state index contributed by atoms with van der Waals surface area (Å²) in [6.45, 7) is 0.675. The van der Waals surface area contributed by atoms with Gasteiger partial charge in [-0.3, -0.25) is 4.55 Å². The van der Waals surface area contributed by atoms with Crippen LogP contribution < -0.4 is 0 Å². The van der Waals surface area contributed by atoms with Gasteiger partial charge in [-0.2, -0.15) is 8.42 Å². The number of aliphatic hydroxyl groups excluding tert-OH is 1. The Balaban J connectivity index is 0. The average Bonchev–Trinajstić information content (AvgIpc) is 1.62. The van der Waals surface area contributed by atoms with Gasteiger partial charge in [-0.15, -0.1) is 0 Å². The largest absolute Gasteiger partial charge is 2.00 e. The molecule has 0 amide bonds. The smallest absolute Gasteiger partial charge is 0.395 e. The number of aliphatic hydroxyl groups is 1. The SMILES string of the molecule is CC(CO)S(=O)(=O)O.[Ba+2]. The predicted molar refractivity (Wildman–Crippen MR) is 33.9 cm³/mol. The van der Waals surface area contributed by atoms with E-state index in [1.54, 1.807) is 0 Å². The van der Waals surface area contributed by atoms with E-state index in [4.69, 9.17) is 9.66 Å². The molecule has 0 aliphatic rings. The van der Waals surface area contributed by atoms with Crippen LogP contribution >= 0.6 is 0 Å². The summed E-state index contributed by atoms with van der Waals surface area (Å²) in [5, 5.41) is 7.06. The summed E-state index contributed by atoms with van der Waals surface area (Å²) in [4.78, 5) is 0. The third-order valence-corrected chi connectivity index (χ3v) is 1.93. The molecule has 0 aliphatic carbocycles. The normalized spacial score (nSPS) is 14.1. The van der Waals surface area contributed by atoms with Crippen LogP contribution in [0.5, 0.6) is 0 Å². The van der Waals surface area contributed by atoms with E-state index in [1.165, 1.54) is 6.92 Å². The average molecular weight is 277 g/mol. The topological polar surface area (TPSA) is 74.6 Å². The molecule has 0 fully saturated rings. The van der Waals surface area contributed by atoms with Crippen LogP contribution in [0, 0.1) is 0 Å². The van der Waals surface area contributed by atoms with Crippen LogP contribution in [0.3, 0.4) is 0 Å². The Kier molecular flexibility index (Phi) is 7.46. The zero-order valence-electron chi connectivity index (χ0n) is 5.11. The van der Waals surface area contributed by atoms with Crippen molar-refractivity contribution in [1.82, 2.24) is 0 Å². The van der Waals surface area contributed by atoms with Crippen LogP contribution in [0.2, 0.25) is 0 Å². The van der Waals surface area contributed by atoms with Gasteiger partial charge in [-0.1, -0.05) is 0 Å². The molecule has 0 rings (SSSR count). The summed E-state index contributed by atoms with van der Waals surface area (Å²) >= 11 is 0. The minimum absolute atomic E-state index is 0. The Morgan fingerprint density at radius 3 is 1.89 bits per heavy atom. The maximum atomic E-state index is 9.96.